The second-order valence-electron chi connectivity index (χ2n) is 18.9. The molecule has 0 fully saturated rings. The first-order chi connectivity index (χ1) is 30.9. The minimum absolute atomic E-state index is 0.000291. The van der Waals surface area contributed by atoms with Gasteiger partial charge < -0.3 is 14.2 Å². The lowest BCUT2D eigenvalue weighted by molar-refractivity contribution is -0.146. The molecule has 1 aromatic rings. The van der Waals surface area contributed by atoms with Crippen LogP contribution in [0.5, 0.6) is 5.75 Å². The summed E-state index contributed by atoms with van der Waals surface area (Å²) in [5.74, 6) is -0.486. The number of aromatic nitrogens is 1. The summed E-state index contributed by atoms with van der Waals surface area (Å²) in [6.07, 6.45) is 51.5. The van der Waals surface area contributed by atoms with Crippen LogP contribution in [0.1, 0.15) is 307 Å². The predicted molar refractivity (Wildman–Crippen MR) is 265 cm³/mol. The fourth-order valence-electron chi connectivity index (χ4n) is 8.57. The standard InChI is InChI=1S/C56H101NO6/c1-5-8-11-14-17-20-23-26-29-32-35-38-41-44-53(58)61-48-51-47-57-50(4)56(63-55(60)46-43-40-37-34-31-28-25-22-19-16-13-10-7-3)52(51)49-62-54(59)45-42-39-36-33-30-27-24-21-18-15-12-9-6-2/h47H,5-46,48-49H2,1-4H3. The first-order valence-electron chi connectivity index (χ1n) is 27.4. The molecule has 1 rings (SSSR count). The zero-order chi connectivity index (χ0) is 45.7. The van der Waals surface area contributed by atoms with Gasteiger partial charge in [-0.05, 0) is 26.2 Å². The molecule has 0 amide bonds. The third kappa shape index (κ3) is 36.5. The number of carbonyl (C=O) groups excluding carboxylic acids is 3. The molecule has 63 heavy (non-hydrogen) atoms. The molecule has 0 spiro atoms. The van der Waals surface area contributed by atoms with Crippen LogP contribution in [-0.4, -0.2) is 22.9 Å². The highest BCUT2D eigenvalue weighted by atomic mass is 16.5. The van der Waals surface area contributed by atoms with Gasteiger partial charge in [0.2, 0.25) is 0 Å². The van der Waals surface area contributed by atoms with Crippen LogP contribution in [0.4, 0.5) is 0 Å². The van der Waals surface area contributed by atoms with Crippen molar-refractivity contribution in [2.45, 2.75) is 311 Å². The van der Waals surface area contributed by atoms with E-state index in [1.165, 1.54) is 193 Å². The van der Waals surface area contributed by atoms with Crippen molar-refractivity contribution in [2.24, 2.45) is 0 Å². The van der Waals surface area contributed by atoms with E-state index in [1.54, 1.807) is 13.1 Å². The van der Waals surface area contributed by atoms with Gasteiger partial charge in [-0.3, -0.25) is 19.4 Å². The minimum atomic E-state index is -0.306. The molecule has 366 valence electrons. The third-order valence-electron chi connectivity index (χ3n) is 12.8. The first kappa shape index (κ1) is 58.6. The number of unbranched alkanes of at least 4 members (excludes halogenated alkanes) is 36. The number of esters is 3. The number of ether oxygens (including phenoxy) is 3. The molecule has 0 saturated carbocycles. The zero-order valence-electron chi connectivity index (χ0n) is 42.1. The van der Waals surface area contributed by atoms with Crippen LogP contribution in [0.3, 0.4) is 0 Å². The van der Waals surface area contributed by atoms with Crippen molar-refractivity contribution in [2.75, 3.05) is 0 Å². The Morgan fingerprint density at radius 3 is 0.968 bits per heavy atom. The number of hydrogen-bond donors (Lipinski definition) is 0. The number of rotatable bonds is 47. The number of hydrogen-bond acceptors (Lipinski definition) is 7. The third-order valence-corrected chi connectivity index (χ3v) is 12.8. The van der Waals surface area contributed by atoms with E-state index in [0.29, 0.717) is 41.8 Å². The Morgan fingerprint density at radius 1 is 0.381 bits per heavy atom. The van der Waals surface area contributed by atoms with E-state index < -0.39 is 0 Å². The summed E-state index contributed by atoms with van der Waals surface area (Å²) in [7, 11) is 0. The summed E-state index contributed by atoms with van der Waals surface area (Å²) in [6.45, 7) is 8.55. The maximum absolute atomic E-state index is 13.1. The highest BCUT2D eigenvalue weighted by molar-refractivity contribution is 5.73. The van der Waals surface area contributed by atoms with Gasteiger partial charge in [-0.25, -0.2) is 0 Å². The van der Waals surface area contributed by atoms with Crippen molar-refractivity contribution in [3.05, 3.63) is 23.0 Å². The molecule has 7 nitrogen and oxygen atoms in total. The molecule has 0 saturated heterocycles. The summed E-state index contributed by atoms with van der Waals surface area (Å²) in [5, 5.41) is 0. The monoisotopic (exact) mass is 884 g/mol. The van der Waals surface area contributed by atoms with Crippen molar-refractivity contribution in [1.82, 2.24) is 4.98 Å². The molecule has 1 aromatic heterocycles. The Morgan fingerprint density at radius 2 is 0.651 bits per heavy atom. The maximum Gasteiger partial charge on any atom is 0.311 e. The second-order valence-corrected chi connectivity index (χ2v) is 18.9. The van der Waals surface area contributed by atoms with E-state index in [2.05, 4.69) is 25.8 Å². The maximum atomic E-state index is 13.1. The van der Waals surface area contributed by atoms with E-state index in [0.717, 1.165) is 57.8 Å². The van der Waals surface area contributed by atoms with E-state index in [9.17, 15) is 14.4 Å². The highest BCUT2D eigenvalue weighted by Gasteiger charge is 2.20. The normalized spacial score (nSPS) is 11.3. The molecule has 0 atom stereocenters. The van der Waals surface area contributed by atoms with Gasteiger partial charge in [-0.1, -0.05) is 252 Å². The van der Waals surface area contributed by atoms with Gasteiger partial charge in [0.05, 0.1) is 5.69 Å². The van der Waals surface area contributed by atoms with Gasteiger partial charge in [0.25, 0.3) is 0 Å². The molecular formula is C56H101NO6. The van der Waals surface area contributed by atoms with Crippen LogP contribution in [0.2, 0.25) is 0 Å². The predicted octanol–water partition coefficient (Wildman–Crippen LogP) is 17.8. The molecule has 0 aliphatic rings. The number of pyridine rings is 1. The molecular weight excluding hydrogens is 783 g/mol. The Kier molecular flexibility index (Phi) is 41.6. The fraction of sp³-hybridized carbons (Fsp3) is 0.857. The number of carbonyl (C=O) groups is 3. The summed E-state index contributed by atoms with van der Waals surface area (Å²) < 4.78 is 17.5. The molecule has 0 unspecified atom stereocenters. The van der Waals surface area contributed by atoms with Gasteiger partial charge in [0.15, 0.2) is 5.75 Å². The lowest BCUT2D eigenvalue weighted by atomic mass is 10.0. The Bertz CT molecular complexity index is 1220. The van der Waals surface area contributed by atoms with Crippen LogP contribution < -0.4 is 4.74 Å². The summed E-state index contributed by atoms with van der Waals surface area (Å²) in [6, 6.07) is 0. The van der Waals surface area contributed by atoms with Gasteiger partial charge in [-0.15, -0.1) is 0 Å². The Balaban J connectivity index is 2.56. The molecule has 0 aliphatic carbocycles. The second kappa shape index (κ2) is 44.7. The average Bonchev–Trinajstić information content (AvgIpc) is 3.28. The molecule has 1 heterocycles. The van der Waals surface area contributed by atoms with Gasteiger partial charge in [0.1, 0.15) is 13.2 Å². The van der Waals surface area contributed by atoms with Crippen molar-refractivity contribution in [1.29, 1.82) is 0 Å². The van der Waals surface area contributed by atoms with E-state index in [-0.39, 0.29) is 31.1 Å². The number of nitrogens with zero attached hydrogens (tertiary/aromatic N) is 1. The van der Waals surface area contributed by atoms with Crippen molar-refractivity contribution >= 4 is 17.9 Å². The van der Waals surface area contributed by atoms with Crippen LogP contribution in [-0.2, 0) is 37.1 Å². The molecule has 0 aromatic carbocycles. The molecule has 0 bridgehead atoms. The summed E-state index contributed by atoms with van der Waals surface area (Å²) in [4.78, 5) is 43.4. The molecule has 0 N–H and O–H groups in total. The molecule has 0 radical (unpaired) electrons. The Labute approximate surface area is 389 Å². The van der Waals surface area contributed by atoms with Crippen molar-refractivity contribution < 1.29 is 28.6 Å². The fourth-order valence-corrected chi connectivity index (χ4v) is 8.57. The van der Waals surface area contributed by atoms with Gasteiger partial charge in [0, 0.05) is 36.6 Å². The van der Waals surface area contributed by atoms with Crippen LogP contribution in [0.25, 0.3) is 0 Å². The Hall–Kier alpha value is -2.44. The lowest BCUT2D eigenvalue weighted by Crippen LogP contribution is -2.15. The zero-order valence-corrected chi connectivity index (χ0v) is 42.1. The first-order valence-corrected chi connectivity index (χ1v) is 27.4. The van der Waals surface area contributed by atoms with Crippen molar-refractivity contribution in [3.63, 3.8) is 0 Å². The summed E-state index contributed by atoms with van der Waals surface area (Å²) >= 11 is 0. The topological polar surface area (TPSA) is 91.8 Å². The van der Waals surface area contributed by atoms with Crippen LogP contribution in [0, 0.1) is 6.92 Å². The highest BCUT2D eigenvalue weighted by Crippen LogP contribution is 2.28. The van der Waals surface area contributed by atoms with Crippen LogP contribution in [0.15, 0.2) is 6.20 Å². The largest absolute Gasteiger partial charge is 0.461 e. The van der Waals surface area contributed by atoms with E-state index >= 15 is 0 Å². The average molecular weight is 884 g/mol. The number of aryl methyl sites for hydroxylation is 1. The van der Waals surface area contributed by atoms with Gasteiger partial charge in [-0.2, -0.15) is 0 Å². The molecule has 0 aliphatic heterocycles. The summed E-state index contributed by atoms with van der Waals surface area (Å²) in [5.41, 5.74) is 1.73. The lowest BCUT2D eigenvalue weighted by Gasteiger charge is -2.17. The van der Waals surface area contributed by atoms with Crippen LogP contribution >= 0.6 is 0 Å². The SMILES string of the molecule is CCCCCCCCCCCCCCCC(=O)OCc1cnc(C)c(OC(=O)CCCCCCCCCCCCCCC)c1COC(=O)CCCCCCCCCCCCCCC. The van der Waals surface area contributed by atoms with E-state index in [1.807, 2.05) is 0 Å². The van der Waals surface area contributed by atoms with Crippen molar-refractivity contribution in [3.8, 4) is 5.75 Å². The quantitative estimate of drug-likeness (QED) is 0.0475. The molecule has 7 heteroatoms. The van der Waals surface area contributed by atoms with Gasteiger partial charge >= 0.3 is 17.9 Å². The smallest absolute Gasteiger partial charge is 0.311 e. The minimum Gasteiger partial charge on any atom is -0.461 e. The van der Waals surface area contributed by atoms with E-state index in [4.69, 9.17) is 14.2 Å².